The van der Waals surface area contributed by atoms with Crippen LogP contribution in [0.2, 0.25) is 10.0 Å². The first-order valence-corrected chi connectivity index (χ1v) is 13.2. The number of amides is 1. The van der Waals surface area contributed by atoms with Gasteiger partial charge in [-0.2, -0.15) is 9.41 Å². The molecule has 0 fully saturated rings. The molecule has 37 heavy (non-hydrogen) atoms. The van der Waals surface area contributed by atoms with Crippen LogP contribution < -0.4 is 14.9 Å². The van der Waals surface area contributed by atoms with Crippen molar-refractivity contribution in [2.24, 2.45) is 5.10 Å². The van der Waals surface area contributed by atoms with Crippen LogP contribution in [-0.2, 0) is 21.4 Å². The Bertz CT molecular complexity index is 1370. The monoisotopic (exact) mass is 567 g/mol. The van der Waals surface area contributed by atoms with Gasteiger partial charge in [-0.3, -0.25) is 4.79 Å². The molecule has 196 valence electrons. The molecule has 0 aliphatic heterocycles. The number of nitrogens with zero attached hydrogens (tertiary/aromatic N) is 2. The van der Waals surface area contributed by atoms with Crippen molar-refractivity contribution in [3.63, 3.8) is 0 Å². The molecular weight excluding hydrogens is 544 g/mol. The van der Waals surface area contributed by atoms with Crippen LogP contribution in [0, 0.1) is 5.82 Å². The lowest BCUT2D eigenvalue weighted by Crippen LogP contribution is -2.39. The van der Waals surface area contributed by atoms with Crippen molar-refractivity contribution in [3.05, 3.63) is 87.7 Å². The fourth-order valence-electron chi connectivity index (χ4n) is 3.25. The first-order chi connectivity index (χ1) is 17.6. The normalized spacial score (nSPS) is 11.6. The number of sulfonamides is 1. The Morgan fingerprint density at radius 1 is 1.11 bits per heavy atom. The Hall–Kier alpha value is -3.18. The van der Waals surface area contributed by atoms with E-state index in [2.05, 4.69) is 10.5 Å². The van der Waals surface area contributed by atoms with Gasteiger partial charge in [0.2, 0.25) is 10.0 Å². The van der Waals surface area contributed by atoms with Crippen LogP contribution in [0.3, 0.4) is 0 Å². The summed E-state index contributed by atoms with van der Waals surface area (Å²) in [6.45, 7) is 1.18. The van der Waals surface area contributed by atoms with Crippen molar-refractivity contribution in [2.75, 3.05) is 20.3 Å². The highest BCUT2D eigenvalue weighted by Gasteiger charge is 2.28. The summed E-state index contributed by atoms with van der Waals surface area (Å²) in [6, 6.07) is 14.5. The van der Waals surface area contributed by atoms with Gasteiger partial charge in [0, 0.05) is 22.2 Å². The molecule has 0 saturated heterocycles. The number of methoxy groups -OCH3 is 1. The number of benzene rings is 3. The van der Waals surface area contributed by atoms with Gasteiger partial charge in [-0.15, -0.1) is 0 Å². The number of halogens is 3. The number of hydrazone groups is 1. The topological polar surface area (TPSA) is 97.3 Å². The van der Waals surface area contributed by atoms with Gasteiger partial charge in [0.25, 0.3) is 5.91 Å². The quantitative estimate of drug-likeness (QED) is 0.263. The van der Waals surface area contributed by atoms with E-state index >= 15 is 0 Å². The number of hydrogen-bond acceptors (Lipinski definition) is 6. The first-order valence-electron chi connectivity index (χ1n) is 11.0. The summed E-state index contributed by atoms with van der Waals surface area (Å²) in [5.41, 5.74) is 2.82. The SMILES string of the molecule is CCOc1ccc(/C=N\NC(=O)CN(Cc2c(F)cccc2Cl)S(=O)(=O)c2ccc(Cl)cc2)cc1OC. The third-order valence-corrected chi connectivity index (χ3v) is 7.47. The number of rotatable bonds is 11. The van der Waals surface area contributed by atoms with E-state index in [0.29, 0.717) is 28.7 Å². The molecule has 0 aliphatic rings. The van der Waals surface area contributed by atoms with Crippen LogP contribution in [0.5, 0.6) is 11.5 Å². The van der Waals surface area contributed by atoms with Crippen molar-refractivity contribution in [1.29, 1.82) is 0 Å². The van der Waals surface area contributed by atoms with E-state index in [9.17, 15) is 17.6 Å². The molecule has 1 amide bonds. The summed E-state index contributed by atoms with van der Waals surface area (Å²) in [4.78, 5) is 12.6. The molecule has 3 aromatic carbocycles. The maximum Gasteiger partial charge on any atom is 0.255 e. The minimum absolute atomic E-state index is 0.0270. The molecule has 0 bridgehead atoms. The standard InChI is InChI=1S/C25H24Cl2FN3O5S/c1-3-36-23-12-7-17(13-24(23)35-2)14-29-30-25(32)16-31(15-20-21(27)5-4-6-22(20)28)37(33,34)19-10-8-18(26)9-11-19/h4-14H,3,15-16H2,1-2H3,(H,30,32)/b29-14-. The number of hydrogen-bond donors (Lipinski definition) is 1. The lowest BCUT2D eigenvalue weighted by atomic mass is 10.2. The molecule has 0 spiro atoms. The van der Waals surface area contributed by atoms with Crippen LogP contribution in [-0.4, -0.2) is 45.1 Å². The Labute approximate surface area is 224 Å². The second-order valence-corrected chi connectivity index (χ2v) is 10.3. The highest BCUT2D eigenvalue weighted by atomic mass is 35.5. The Kier molecular flexibility index (Phi) is 9.87. The average Bonchev–Trinajstić information content (AvgIpc) is 2.86. The highest BCUT2D eigenvalue weighted by molar-refractivity contribution is 7.89. The van der Waals surface area contributed by atoms with Gasteiger partial charge in [-0.1, -0.05) is 29.3 Å². The summed E-state index contributed by atoms with van der Waals surface area (Å²) in [5.74, 6) is -0.411. The van der Waals surface area contributed by atoms with E-state index in [1.54, 1.807) is 18.2 Å². The summed E-state index contributed by atoms with van der Waals surface area (Å²) in [5, 5.41) is 4.26. The van der Waals surface area contributed by atoms with Crippen LogP contribution >= 0.6 is 23.2 Å². The van der Waals surface area contributed by atoms with Crippen molar-refractivity contribution in [1.82, 2.24) is 9.73 Å². The summed E-state index contributed by atoms with van der Waals surface area (Å²) >= 11 is 12.0. The van der Waals surface area contributed by atoms with Gasteiger partial charge in [0.15, 0.2) is 11.5 Å². The van der Waals surface area contributed by atoms with Crippen molar-refractivity contribution >= 4 is 45.3 Å². The molecular formula is C25H24Cl2FN3O5S. The Morgan fingerprint density at radius 2 is 1.84 bits per heavy atom. The lowest BCUT2D eigenvalue weighted by molar-refractivity contribution is -0.121. The largest absolute Gasteiger partial charge is 0.493 e. The smallest absolute Gasteiger partial charge is 0.255 e. The lowest BCUT2D eigenvalue weighted by Gasteiger charge is -2.22. The molecule has 0 radical (unpaired) electrons. The summed E-state index contributed by atoms with van der Waals surface area (Å²) in [6.07, 6.45) is 1.36. The first kappa shape index (κ1) is 28.4. The summed E-state index contributed by atoms with van der Waals surface area (Å²) < 4.78 is 52.7. The van der Waals surface area contributed by atoms with Crippen molar-refractivity contribution in [2.45, 2.75) is 18.4 Å². The third-order valence-electron chi connectivity index (χ3n) is 5.06. The highest BCUT2D eigenvalue weighted by Crippen LogP contribution is 2.28. The molecule has 0 aromatic heterocycles. The number of nitrogens with one attached hydrogen (secondary N) is 1. The molecule has 0 atom stereocenters. The molecule has 0 heterocycles. The minimum Gasteiger partial charge on any atom is -0.493 e. The molecule has 0 saturated carbocycles. The number of carbonyl (C=O) groups excluding carboxylic acids is 1. The zero-order chi connectivity index (χ0) is 27.0. The van der Waals surface area contributed by atoms with Gasteiger partial charge < -0.3 is 9.47 Å². The van der Waals surface area contributed by atoms with E-state index < -0.39 is 34.8 Å². The number of carbonyl (C=O) groups is 1. The fraction of sp³-hybridized carbons (Fsp3) is 0.200. The van der Waals surface area contributed by atoms with Gasteiger partial charge in [0.1, 0.15) is 5.82 Å². The molecule has 12 heteroatoms. The molecule has 3 aromatic rings. The maximum atomic E-state index is 14.5. The predicted molar refractivity (Wildman–Crippen MR) is 140 cm³/mol. The Morgan fingerprint density at radius 3 is 2.49 bits per heavy atom. The number of ether oxygens (including phenoxy) is 2. The predicted octanol–water partition coefficient (Wildman–Crippen LogP) is 4.88. The zero-order valence-corrected chi connectivity index (χ0v) is 22.3. The van der Waals surface area contributed by atoms with Gasteiger partial charge in [0.05, 0.1) is 31.4 Å². The zero-order valence-electron chi connectivity index (χ0n) is 19.9. The minimum atomic E-state index is -4.23. The molecule has 1 N–H and O–H groups in total. The summed E-state index contributed by atoms with van der Waals surface area (Å²) in [7, 11) is -2.74. The van der Waals surface area contributed by atoms with Crippen LogP contribution in [0.15, 0.2) is 70.7 Å². The van der Waals surface area contributed by atoms with Crippen molar-refractivity contribution < 1.29 is 27.1 Å². The van der Waals surface area contributed by atoms with Gasteiger partial charge in [-0.25, -0.2) is 18.2 Å². The van der Waals surface area contributed by atoms with E-state index in [0.717, 1.165) is 10.4 Å². The maximum absolute atomic E-state index is 14.5. The van der Waals surface area contributed by atoms with E-state index in [-0.39, 0.29) is 15.5 Å². The second-order valence-electron chi connectivity index (χ2n) is 7.56. The molecule has 8 nitrogen and oxygen atoms in total. The van der Waals surface area contributed by atoms with E-state index in [1.807, 2.05) is 6.92 Å². The fourth-order valence-corrected chi connectivity index (χ4v) is 4.97. The van der Waals surface area contributed by atoms with E-state index in [1.165, 1.54) is 49.7 Å². The van der Waals surface area contributed by atoms with Crippen LogP contribution in [0.4, 0.5) is 4.39 Å². The molecule has 3 rings (SSSR count). The van der Waals surface area contributed by atoms with E-state index in [4.69, 9.17) is 32.7 Å². The molecule has 0 unspecified atom stereocenters. The van der Waals surface area contributed by atoms with Crippen LogP contribution in [0.1, 0.15) is 18.1 Å². The van der Waals surface area contributed by atoms with Crippen molar-refractivity contribution in [3.8, 4) is 11.5 Å². The second kappa shape index (κ2) is 12.9. The average molecular weight is 568 g/mol. The Balaban J connectivity index is 1.81. The van der Waals surface area contributed by atoms with Gasteiger partial charge in [-0.05, 0) is 67.1 Å². The third kappa shape index (κ3) is 7.42. The molecule has 0 aliphatic carbocycles. The van der Waals surface area contributed by atoms with Crippen LogP contribution in [0.25, 0.3) is 0 Å². The van der Waals surface area contributed by atoms with Gasteiger partial charge >= 0.3 is 0 Å².